The summed E-state index contributed by atoms with van der Waals surface area (Å²) in [5, 5.41) is 9.18. The number of alkyl halides is 3. The fraction of sp³-hybridized carbons (Fsp3) is 0.214. The Hall–Kier alpha value is -2.35. The molecular weight excluding hydrogens is 306 g/mol. The summed E-state index contributed by atoms with van der Waals surface area (Å²) in [7, 11) is 1.35. The van der Waals surface area contributed by atoms with E-state index in [9.17, 15) is 22.7 Å². The second kappa shape index (κ2) is 6.18. The van der Waals surface area contributed by atoms with Gasteiger partial charge in [-0.05, 0) is 17.7 Å². The van der Waals surface area contributed by atoms with Gasteiger partial charge in [-0.15, -0.1) is 13.2 Å². The zero-order chi connectivity index (χ0) is 16.3. The molecule has 1 aromatic heterocycles. The SMILES string of the molecule is COc1cc(-c2ccc(OC(F)(F)F)c(CO)c2)c(F)cn1. The largest absolute Gasteiger partial charge is 0.573 e. The Labute approximate surface area is 122 Å². The molecule has 0 amide bonds. The lowest BCUT2D eigenvalue weighted by atomic mass is 10.0. The molecule has 0 saturated carbocycles. The van der Waals surface area contributed by atoms with Crippen molar-refractivity contribution in [2.75, 3.05) is 7.11 Å². The molecule has 4 nitrogen and oxygen atoms in total. The normalized spacial score (nSPS) is 11.4. The molecule has 0 unspecified atom stereocenters. The third-order valence-electron chi connectivity index (χ3n) is 2.81. The first-order valence-corrected chi connectivity index (χ1v) is 6.03. The lowest BCUT2D eigenvalue weighted by Gasteiger charge is -2.14. The van der Waals surface area contributed by atoms with Crippen LogP contribution in [-0.4, -0.2) is 23.6 Å². The molecule has 0 spiro atoms. The van der Waals surface area contributed by atoms with Crippen LogP contribution in [0.25, 0.3) is 11.1 Å². The molecule has 2 rings (SSSR count). The average Bonchev–Trinajstić information content (AvgIpc) is 2.47. The van der Waals surface area contributed by atoms with Gasteiger partial charge in [-0.3, -0.25) is 0 Å². The van der Waals surface area contributed by atoms with E-state index in [0.717, 1.165) is 12.3 Å². The first-order chi connectivity index (χ1) is 10.3. The van der Waals surface area contributed by atoms with Gasteiger partial charge in [-0.2, -0.15) is 0 Å². The maximum Gasteiger partial charge on any atom is 0.573 e. The molecule has 1 heterocycles. The number of aliphatic hydroxyl groups is 1. The van der Waals surface area contributed by atoms with Crippen LogP contribution in [0.4, 0.5) is 17.6 Å². The molecule has 2 aromatic rings. The zero-order valence-corrected chi connectivity index (χ0v) is 11.3. The van der Waals surface area contributed by atoms with Crippen LogP contribution in [0.3, 0.4) is 0 Å². The van der Waals surface area contributed by atoms with Gasteiger partial charge in [0.2, 0.25) is 5.88 Å². The molecule has 0 aliphatic rings. The molecular formula is C14H11F4NO3. The number of halogens is 4. The summed E-state index contributed by atoms with van der Waals surface area (Å²) in [5.74, 6) is -1.06. The third-order valence-corrected chi connectivity index (χ3v) is 2.81. The van der Waals surface area contributed by atoms with Crippen molar-refractivity contribution in [3.8, 4) is 22.8 Å². The van der Waals surface area contributed by atoms with E-state index < -0.39 is 24.5 Å². The van der Waals surface area contributed by atoms with Crippen molar-refractivity contribution in [1.29, 1.82) is 0 Å². The van der Waals surface area contributed by atoms with Gasteiger partial charge in [0.15, 0.2) is 0 Å². The van der Waals surface area contributed by atoms with Crippen LogP contribution < -0.4 is 9.47 Å². The number of pyridine rings is 1. The van der Waals surface area contributed by atoms with Crippen molar-refractivity contribution < 1.29 is 32.1 Å². The topological polar surface area (TPSA) is 51.6 Å². The highest BCUT2D eigenvalue weighted by atomic mass is 19.4. The van der Waals surface area contributed by atoms with Crippen LogP contribution in [0.2, 0.25) is 0 Å². The number of nitrogens with zero attached hydrogens (tertiary/aromatic N) is 1. The van der Waals surface area contributed by atoms with Crippen LogP contribution in [0, 0.1) is 5.82 Å². The number of rotatable bonds is 4. The second-order valence-corrected chi connectivity index (χ2v) is 4.23. The summed E-state index contributed by atoms with van der Waals surface area (Å²) >= 11 is 0. The summed E-state index contributed by atoms with van der Waals surface area (Å²) in [5.41, 5.74) is 0.224. The molecule has 0 saturated heterocycles. The van der Waals surface area contributed by atoms with Gasteiger partial charge in [-0.25, -0.2) is 9.37 Å². The van der Waals surface area contributed by atoms with E-state index in [-0.39, 0.29) is 22.6 Å². The molecule has 0 aliphatic heterocycles. The van der Waals surface area contributed by atoms with Crippen molar-refractivity contribution in [3.63, 3.8) is 0 Å². The molecule has 8 heteroatoms. The lowest BCUT2D eigenvalue weighted by Crippen LogP contribution is -2.18. The number of hydrogen-bond donors (Lipinski definition) is 1. The molecule has 0 radical (unpaired) electrons. The molecule has 1 aromatic carbocycles. The van der Waals surface area contributed by atoms with E-state index in [4.69, 9.17) is 4.74 Å². The first-order valence-electron chi connectivity index (χ1n) is 6.03. The lowest BCUT2D eigenvalue weighted by molar-refractivity contribution is -0.275. The van der Waals surface area contributed by atoms with E-state index in [1.807, 2.05) is 0 Å². The van der Waals surface area contributed by atoms with Crippen LogP contribution >= 0.6 is 0 Å². The Morgan fingerprint density at radius 3 is 2.55 bits per heavy atom. The Balaban J connectivity index is 2.45. The minimum absolute atomic E-state index is 0.0834. The van der Waals surface area contributed by atoms with Crippen molar-refractivity contribution in [2.24, 2.45) is 0 Å². The van der Waals surface area contributed by atoms with Gasteiger partial charge in [0.25, 0.3) is 0 Å². The van der Waals surface area contributed by atoms with Crippen LogP contribution in [0.5, 0.6) is 11.6 Å². The number of ether oxygens (including phenoxy) is 2. The molecule has 22 heavy (non-hydrogen) atoms. The summed E-state index contributed by atoms with van der Waals surface area (Å²) in [6.45, 7) is -0.691. The van der Waals surface area contributed by atoms with Gasteiger partial charge in [0.1, 0.15) is 11.6 Å². The third kappa shape index (κ3) is 3.64. The quantitative estimate of drug-likeness (QED) is 0.879. The fourth-order valence-corrected chi connectivity index (χ4v) is 1.85. The van der Waals surface area contributed by atoms with Gasteiger partial charge < -0.3 is 14.6 Å². The summed E-state index contributed by atoms with van der Waals surface area (Å²) < 4.78 is 59.2. The Kier molecular flexibility index (Phi) is 4.51. The highest BCUT2D eigenvalue weighted by molar-refractivity contribution is 5.67. The van der Waals surface area contributed by atoms with E-state index in [1.165, 1.54) is 25.3 Å². The standard InChI is InChI=1S/C14H11F4NO3/c1-21-13-5-10(11(15)6-19-13)8-2-3-12(9(4-8)7-20)22-14(16,17)18/h2-6,20H,7H2,1H3. The zero-order valence-electron chi connectivity index (χ0n) is 11.3. The number of methoxy groups -OCH3 is 1. The fourth-order valence-electron chi connectivity index (χ4n) is 1.85. The van der Waals surface area contributed by atoms with Crippen molar-refractivity contribution in [1.82, 2.24) is 4.98 Å². The van der Waals surface area contributed by atoms with Crippen molar-refractivity contribution in [2.45, 2.75) is 13.0 Å². The predicted octanol–water partition coefficient (Wildman–Crippen LogP) is 3.29. The van der Waals surface area contributed by atoms with Gasteiger partial charge >= 0.3 is 6.36 Å². The highest BCUT2D eigenvalue weighted by Gasteiger charge is 2.32. The molecule has 0 fully saturated rings. The van der Waals surface area contributed by atoms with E-state index in [2.05, 4.69) is 9.72 Å². The molecule has 1 N–H and O–H groups in total. The van der Waals surface area contributed by atoms with Crippen molar-refractivity contribution >= 4 is 0 Å². The smallest absolute Gasteiger partial charge is 0.481 e. The minimum atomic E-state index is -4.88. The summed E-state index contributed by atoms with van der Waals surface area (Å²) in [6.07, 6.45) is -3.94. The Morgan fingerprint density at radius 2 is 1.95 bits per heavy atom. The summed E-state index contributed by atoms with van der Waals surface area (Å²) in [6, 6.07) is 4.77. The first kappa shape index (κ1) is 16.0. The van der Waals surface area contributed by atoms with Crippen LogP contribution in [0.1, 0.15) is 5.56 Å². The molecule has 0 aliphatic carbocycles. The van der Waals surface area contributed by atoms with E-state index in [1.54, 1.807) is 0 Å². The number of aromatic nitrogens is 1. The van der Waals surface area contributed by atoms with E-state index >= 15 is 0 Å². The maximum absolute atomic E-state index is 13.8. The monoisotopic (exact) mass is 317 g/mol. The molecule has 0 bridgehead atoms. The Morgan fingerprint density at radius 1 is 1.23 bits per heavy atom. The summed E-state index contributed by atoms with van der Waals surface area (Å²) in [4.78, 5) is 3.67. The van der Waals surface area contributed by atoms with E-state index in [0.29, 0.717) is 0 Å². The van der Waals surface area contributed by atoms with Crippen LogP contribution in [0.15, 0.2) is 30.5 Å². The number of benzene rings is 1. The number of hydrogen-bond acceptors (Lipinski definition) is 4. The van der Waals surface area contributed by atoms with Crippen LogP contribution in [-0.2, 0) is 6.61 Å². The van der Waals surface area contributed by atoms with Gasteiger partial charge in [0.05, 0.1) is 19.9 Å². The minimum Gasteiger partial charge on any atom is -0.481 e. The number of aliphatic hydroxyl groups excluding tert-OH is 1. The maximum atomic E-state index is 13.8. The molecule has 0 atom stereocenters. The van der Waals surface area contributed by atoms with Gasteiger partial charge in [-0.1, -0.05) is 6.07 Å². The predicted molar refractivity (Wildman–Crippen MR) is 68.8 cm³/mol. The Bertz CT molecular complexity index is 674. The second-order valence-electron chi connectivity index (χ2n) is 4.23. The highest BCUT2D eigenvalue weighted by Crippen LogP contribution is 2.32. The van der Waals surface area contributed by atoms with Crippen molar-refractivity contribution in [3.05, 3.63) is 41.8 Å². The molecule has 118 valence electrons. The van der Waals surface area contributed by atoms with Gasteiger partial charge in [0, 0.05) is 17.2 Å². The average molecular weight is 317 g/mol.